The summed E-state index contributed by atoms with van der Waals surface area (Å²) in [6.45, 7) is 0. The van der Waals surface area contributed by atoms with Crippen LogP contribution in [0.2, 0.25) is 0 Å². The largest absolute Gasteiger partial charge is 0.446 e. The molecule has 0 atom stereocenters. The Morgan fingerprint density at radius 3 is 2.14 bits per heavy atom. The number of alkyl halides is 3. The van der Waals surface area contributed by atoms with Crippen LogP contribution >= 0.6 is 27.7 Å². The van der Waals surface area contributed by atoms with E-state index in [1.54, 1.807) is 24.3 Å². The Bertz CT molecular complexity index is 645. The highest BCUT2D eigenvalue weighted by atomic mass is 79.9. The predicted molar refractivity (Wildman–Crippen MR) is 83.6 cm³/mol. The van der Waals surface area contributed by atoms with E-state index in [0.717, 1.165) is 4.47 Å². The van der Waals surface area contributed by atoms with Crippen LogP contribution in [0, 0.1) is 0 Å². The van der Waals surface area contributed by atoms with Crippen molar-refractivity contribution in [3.63, 3.8) is 0 Å². The van der Waals surface area contributed by atoms with Gasteiger partial charge in [-0.05, 0) is 60.3 Å². The first-order valence-corrected chi connectivity index (χ1v) is 7.62. The van der Waals surface area contributed by atoms with Crippen molar-refractivity contribution in [2.45, 2.75) is 10.4 Å². The molecule has 0 saturated carbocycles. The summed E-state index contributed by atoms with van der Waals surface area (Å²) in [7, 11) is 0. The second-order valence-electron chi connectivity index (χ2n) is 4.16. The molecule has 0 aliphatic carbocycles. The number of benzene rings is 2. The summed E-state index contributed by atoms with van der Waals surface area (Å²) in [6, 6.07) is 12.3. The van der Waals surface area contributed by atoms with Crippen molar-refractivity contribution >= 4 is 39.3 Å². The molecule has 0 aliphatic heterocycles. The number of rotatable bonds is 4. The van der Waals surface area contributed by atoms with Crippen LogP contribution < -0.4 is 10.9 Å². The Hall–Kier alpha value is -1.67. The van der Waals surface area contributed by atoms with E-state index in [1.165, 1.54) is 24.3 Å². The maximum Gasteiger partial charge on any atom is 0.446 e. The van der Waals surface area contributed by atoms with Crippen molar-refractivity contribution in [2.24, 2.45) is 0 Å². The molecule has 2 aromatic carbocycles. The molecule has 0 spiro atoms. The third kappa shape index (κ3) is 5.27. The molecule has 0 saturated heterocycles. The molecular weight excluding hydrogens is 381 g/mol. The Balaban J connectivity index is 1.93. The normalized spacial score (nSPS) is 11.1. The van der Waals surface area contributed by atoms with Crippen molar-refractivity contribution < 1.29 is 18.0 Å². The molecule has 1 amide bonds. The third-order valence-electron chi connectivity index (χ3n) is 2.51. The molecule has 0 radical (unpaired) electrons. The minimum Gasteiger partial charge on any atom is -0.298 e. The summed E-state index contributed by atoms with van der Waals surface area (Å²) in [6.07, 6.45) is 0. The molecular formula is C14H10BrF3N2OS. The van der Waals surface area contributed by atoms with Crippen molar-refractivity contribution in [1.82, 2.24) is 5.43 Å². The summed E-state index contributed by atoms with van der Waals surface area (Å²) in [5, 5.41) is 0. The zero-order valence-electron chi connectivity index (χ0n) is 10.9. The summed E-state index contributed by atoms with van der Waals surface area (Å²) in [5.74, 6) is -0.438. The smallest absolute Gasteiger partial charge is 0.298 e. The molecule has 0 bridgehead atoms. The van der Waals surface area contributed by atoms with Gasteiger partial charge in [-0.2, -0.15) is 13.2 Å². The fourth-order valence-electron chi connectivity index (χ4n) is 1.54. The predicted octanol–water partition coefficient (Wildman–Crippen LogP) is 4.82. The fourth-order valence-corrected chi connectivity index (χ4v) is 2.35. The molecule has 2 N–H and O–H groups in total. The maximum atomic E-state index is 12.2. The number of hydrogen-bond acceptors (Lipinski definition) is 3. The van der Waals surface area contributed by atoms with Crippen LogP contribution in [0.5, 0.6) is 0 Å². The van der Waals surface area contributed by atoms with E-state index in [1.807, 2.05) is 0 Å². The van der Waals surface area contributed by atoms with Gasteiger partial charge in [-0.15, -0.1) is 0 Å². The Morgan fingerprint density at radius 1 is 1.00 bits per heavy atom. The van der Waals surface area contributed by atoms with Gasteiger partial charge in [0.05, 0.1) is 5.69 Å². The lowest BCUT2D eigenvalue weighted by atomic mass is 10.2. The highest BCUT2D eigenvalue weighted by Gasteiger charge is 2.29. The summed E-state index contributed by atoms with van der Waals surface area (Å²) in [5.41, 5.74) is 1.79. The van der Waals surface area contributed by atoms with Crippen LogP contribution in [0.15, 0.2) is 57.9 Å². The molecule has 22 heavy (non-hydrogen) atoms. The molecule has 2 rings (SSSR count). The van der Waals surface area contributed by atoms with Gasteiger partial charge in [0.1, 0.15) is 0 Å². The fraction of sp³-hybridized carbons (Fsp3) is 0.0714. The van der Waals surface area contributed by atoms with Crippen LogP contribution in [0.1, 0.15) is 10.4 Å². The Kier molecular flexibility index (Phi) is 5.36. The first-order valence-electron chi connectivity index (χ1n) is 6.01. The lowest BCUT2D eigenvalue weighted by molar-refractivity contribution is -0.0328. The first kappa shape index (κ1) is 16.7. The highest BCUT2D eigenvalue weighted by molar-refractivity contribution is 9.10. The van der Waals surface area contributed by atoms with Gasteiger partial charge in [-0.25, -0.2) is 0 Å². The monoisotopic (exact) mass is 390 g/mol. The molecule has 0 unspecified atom stereocenters. The van der Waals surface area contributed by atoms with E-state index >= 15 is 0 Å². The van der Waals surface area contributed by atoms with E-state index in [0.29, 0.717) is 5.69 Å². The van der Waals surface area contributed by atoms with Gasteiger partial charge >= 0.3 is 5.51 Å². The van der Waals surface area contributed by atoms with Crippen molar-refractivity contribution in [2.75, 3.05) is 5.43 Å². The molecule has 116 valence electrons. The van der Waals surface area contributed by atoms with E-state index < -0.39 is 11.4 Å². The van der Waals surface area contributed by atoms with E-state index in [2.05, 4.69) is 26.8 Å². The Labute approximate surface area is 137 Å². The number of thioether (sulfide) groups is 1. The van der Waals surface area contributed by atoms with Crippen LogP contribution in [-0.2, 0) is 0 Å². The lowest BCUT2D eigenvalue weighted by Gasteiger charge is -2.09. The van der Waals surface area contributed by atoms with E-state index in [4.69, 9.17) is 0 Å². The van der Waals surface area contributed by atoms with Gasteiger partial charge in [0.2, 0.25) is 0 Å². The van der Waals surface area contributed by atoms with Gasteiger partial charge in [0.25, 0.3) is 5.91 Å². The second kappa shape index (κ2) is 7.06. The van der Waals surface area contributed by atoms with Gasteiger partial charge in [-0.3, -0.25) is 15.6 Å². The number of amides is 1. The van der Waals surface area contributed by atoms with Crippen molar-refractivity contribution in [1.29, 1.82) is 0 Å². The molecule has 3 nitrogen and oxygen atoms in total. The third-order valence-corrected chi connectivity index (χ3v) is 3.78. The number of nitrogens with one attached hydrogen (secondary N) is 2. The number of carbonyl (C=O) groups is 1. The van der Waals surface area contributed by atoms with E-state index in [9.17, 15) is 18.0 Å². The molecule has 0 aromatic heterocycles. The minimum atomic E-state index is -4.34. The summed E-state index contributed by atoms with van der Waals surface area (Å²) in [4.78, 5) is 11.9. The lowest BCUT2D eigenvalue weighted by Crippen LogP contribution is -2.29. The second-order valence-corrected chi connectivity index (χ2v) is 6.21. The minimum absolute atomic E-state index is 0.0323. The zero-order chi connectivity index (χ0) is 16.2. The van der Waals surface area contributed by atoms with Crippen LogP contribution in [0.25, 0.3) is 0 Å². The molecule has 2 aromatic rings. The molecule has 8 heteroatoms. The maximum absolute atomic E-state index is 12.2. The topological polar surface area (TPSA) is 41.1 Å². The van der Waals surface area contributed by atoms with E-state index in [-0.39, 0.29) is 22.2 Å². The van der Waals surface area contributed by atoms with Crippen molar-refractivity contribution in [3.05, 3.63) is 58.6 Å². The number of carbonyl (C=O) groups excluding carboxylic acids is 1. The standard InChI is InChI=1S/C14H10BrF3N2OS/c15-10-3-5-11(6-4-10)19-20-13(21)9-1-7-12(8-2-9)22-14(16,17)18/h1-8,19H,(H,20,21). The van der Waals surface area contributed by atoms with Gasteiger partial charge < -0.3 is 0 Å². The van der Waals surface area contributed by atoms with Crippen LogP contribution in [-0.4, -0.2) is 11.4 Å². The average molecular weight is 391 g/mol. The SMILES string of the molecule is O=C(NNc1ccc(Br)cc1)c1ccc(SC(F)(F)F)cc1. The van der Waals surface area contributed by atoms with Crippen LogP contribution in [0.4, 0.5) is 18.9 Å². The summed E-state index contributed by atoms with van der Waals surface area (Å²) >= 11 is 3.07. The van der Waals surface area contributed by atoms with Gasteiger partial charge in [0.15, 0.2) is 0 Å². The average Bonchev–Trinajstić information content (AvgIpc) is 2.45. The summed E-state index contributed by atoms with van der Waals surface area (Å²) < 4.78 is 37.5. The number of halogens is 4. The highest BCUT2D eigenvalue weighted by Crippen LogP contribution is 2.36. The zero-order valence-corrected chi connectivity index (χ0v) is 13.3. The Morgan fingerprint density at radius 2 is 1.59 bits per heavy atom. The van der Waals surface area contributed by atoms with Crippen LogP contribution in [0.3, 0.4) is 0 Å². The number of anilines is 1. The van der Waals surface area contributed by atoms with Crippen molar-refractivity contribution in [3.8, 4) is 0 Å². The first-order chi connectivity index (χ1) is 10.3. The number of hydrazine groups is 1. The number of hydrogen-bond donors (Lipinski definition) is 2. The molecule has 0 aliphatic rings. The van der Waals surface area contributed by atoms with Gasteiger partial charge in [-0.1, -0.05) is 15.9 Å². The van der Waals surface area contributed by atoms with Gasteiger partial charge in [0, 0.05) is 14.9 Å². The molecule has 0 heterocycles. The quantitative estimate of drug-likeness (QED) is 0.580. The molecule has 0 fully saturated rings.